The van der Waals surface area contributed by atoms with E-state index in [4.69, 9.17) is 4.74 Å². The molecule has 0 saturated carbocycles. The van der Waals surface area contributed by atoms with Crippen LogP contribution in [0.15, 0.2) is 66.7 Å². The van der Waals surface area contributed by atoms with Crippen LogP contribution in [0.2, 0.25) is 0 Å². The lowest BCUT2D eigenvalue weighted by molar-refractivity contribution is -0.118. The van der Waals surface area contributed by atoms with Crippen LogP contribution >= 0.6 is 0 Å². The van der Waals surface area contributed by atoms with Gasteiger partial charge in [0.1, 0.15) is 5.75 Å². The number of benzene rings is 3. The number of hydrogen-bond donors (Lipinski definition) is 1. The van der Waals surface area contributed by atoms with Crippen molar-refractivity contribution in [3.63, 3.8) is 0 Å². The van der Waals surface area contributed by atoms with Gasteiger partial charge in [0.15, 0.2) is 18.2 Å². The van der Waals surface area contributed by atoms with E-state index in [1.54, 1.807) is 34.1 Å². The van der Waals surface area contributed by atoms with Crippen molar-refractivity contribution in [2.75, 3.05) is 29.9 Å². The van der Waals surface area contributed by atoms with Gasteiger partial charge in [-0.3, -0.25) is 9.69 Å². The van der Waals surface area contributed by atoms with Crippen molar-refractivity contribution < 1.29 is 23.1 Å². The van der Waals surface area contributed by atoms with Gasteiger partial charge < -0.3 is 15.0 Å². The van der Waals surface area contributed by atoms with Crippen molar-refractivity contribution in [3.05, 3.63) is 89.5 Å². The first-order chi connectivity index (χ1) is 16.4. The number of hydrogen-bond acceptors (Lipinski definition) is 3. The Morgan fingerprint density at radius 3 is 2.56 bits per heavy atom. The van der Waals surface area contributed by atoms with Crippen LogP contribution < -0.4 is 15.0 Å². The predicted octanol–water partition coefficient (Wildman–Crippen LogP) is 5.12. The van der Waals surface area contributed by atoms with Gasteiger partial charge in [-0.15, -0.1) is 0 Å². The number of carbonyl (C=O) groups excluding carboxylic acids is 2. The molecule has 1 N–H and O–H groups in total. The molecule has 1 aliphatic heterocycles. The van der Waals surface area contributed by atoms with E-state index in [0.29, 0.717) is 42.2 Å². The molecule has 1 saturated heterocycles. The van der Waals surface area contributed by atoms with Gasteiger partial charge in [-0.25, -0.2) is 13.6 Å². The number of para-hydroxylation sites is 1. The molecule has 3 amide bonds. The van der Waals surface area contributed by atoms with Crippen LogP contribution in [0.25, 0.3) is 0 Å². The summed E-state index contributed by atoms with van der Waals surface area (Å²) < 4.78 is 32.4. The lowest BCUT2D eigenvalue weighted by atomic mass is 10.1. The second-order valence-corrected chi connectivity index (χ2v) is 8.13. The summed E-state index contributed by atoms with van der Waals surface area (Å²) >= 11 is 0. The van der Waals surface area contributed by atoms with Gasteiger partial charge in [0.05, 0.1) is 11.4 Å². The van der Waals surface area contributed by atoms with Crippen molar-refractivity contribution in [2.24, 2.45) is 0 Å². The number of anilines is 2. The van der Waals surface area contributed by atoms with Crippen LogP contribution in [0.3, 0.4) is 0 Å². The van der Waals surface area contributed by atoms with Crippen molar-refractivity contribution >= 4 is 23.3 Å². The third-order valence-corrected chi connectivity index (χ3v) is 5.50. The number of ether oxygens (including phenoxy) is 1. The van der Waals surface area contributed by atoms with Crippen LogP contribution in [0.1, 0.15) is 17.5 Å². The van der Waals surface area contributed by atoms with Crippen LogP contribution in [-0.4, -0.2) is 36.5 Å². The van der Waals surface area contributed by atoms with E-state index in [0.717, 1.165) is 17.7 Å². The lowest BCUT2D eigenvalue weighted by Gasteiger charge is -2.36. The number of halogens is 2. The van der Waals surface area contributed by atoms with E-state index in [9.17, 15) is 18.4 Å². The highest BCUT2D eigenvalue weighted by Gasteiger charge is 2.29. The van der Waals surface area contributed by atoms with Crippen molar-refractivity contribution in [2.45, 2.75) is 19.9 Å². The standard InChI is InChI=1S/C26H25F2N3O3/c1-18-8-11-24(23(14-18)29-25(32)17-34-20-6-3-2-4-7-20)31-13-5-12-30(26(31)33)16-19-9-10-21(27)22(28)15-19/h2-4,6-11,14-15H,5,12-13,16-17H2,1H3,(H,29,32). The Kier molecular flexibility index (Phi) is 7.06. The Morgan fingerprint density at radius 2 is 1.79 bits per heavy atom. The maximum absolute atomic E-state index is 13.6. The SMILES string of the molecule is Cc1ccc(N2CCCN(Cc3ccc(F)c(F)c3)C2=O)c(NC(=O)COc2ccccc2)c1. The number of urea groups is 1. The molecule has 0 bridgehead atoms. The number of carbonyl (C=O) groups is 2. The van der Waals surface area contributed by atoms with E-state index in [1.165, 1.54) is 6.07 Å². The Hall–Kier alpha value is -3.94. The van der Waals surface area contributed by atoms with Crippen LogP contribution in [0.4, 0.5) is 25.0 Å². The topological polar surface area (TPSA) is 61.9 Å². The van der Waals surface area contributed by atoms with Crippen LogP contribution in [0, 0.1) is 18.6 Å². The summed E-state index contributed by atoms with van der Waals surface area (Å²) in [5, 5.41) is 2.85. The van der Waals surface area contributed by atoms with E-state index in [2.05, 4.69) is 5.32 Å². The summed E-state index contributed by atoms with van der Waals surface area (Å²) in [6.07, 6.45) is 0.688. The molecule has 0 aromatic heterocycles. The second kappa shape index (κ2) is 10.3. The molecule has 3 aromatic rings. The van der Waals surface area contributed by atoms with Crippen molar-refractivity contribution in [1.29, 1.82) is 0 Å². The molecule has 1 aliphatic rings. The number of aryl methyl sites for hydroxylation is 1. The molecule has 34 heavy (non-hydrogen) atoms. The molecule has 3 aromatic carbocycles. The summed E-state index contributed by atoms with van der Waals surface area (Å²) in [6.45, 7) is 2.85. The first-order valence-electron chi connectivity index (χ1n) is 11.0. The minimum atomic E-state index is -0.944. The summed E-state index contributed by atoms with van der Waals surface area (Å²) in [6, 6.07) is 17.8. The van der Waals surface area contributed by atoms with Crippen LogP contribution in [-0.2, 0) is 11.3 Å². The Balaban J connectivity index is 1.48. The smallest absolute Gasteiger partial charge is 0.324 e. The maximum Gasteiger partial charge on any atom is 0.324 e. The molecule has 0 aliphatic carbocycles. The Morgan fingerprint density at radius 1 is 1.00 bits per heavy atom. The molecule has 1 fully saturated rings. The Bertz CT molecular complexity index is 1190. The minimum Gasteiger partial charge on any atom is -0.484 e. The highest BCUT2D eigenvalue weighted by atomic mass is 19.2. The van der Waals surface area contributed by atoms with Gasteiger partial charge in [-0.1, -0.05) is 30.3 Å². The first kappa shape index (κ1) is 23.2. The first-order valence-corrected chi connectivity index (χ1v) is 11.0. The van der Waals surface area contributed by atoms with Crippen LogP contribution in [0.5, 0.6) is 5.75 Å². The van der Waals surface area contributed by atoms with Crippen molar-refractivity contribution in [3.8, 4) is 5.75 Å². The number of amides is 3. The molecule has 6 nitrogen and oxygen atoms in total. The molecular weight excluding hydrogens is 440 g/mol. The summed E-state index contributed by atoms with van der Waals surface area (Å²) in [4.78, 5) is 29.0. The van der Waals surface area contributed by atoms with Crippen molar-refractivity contribution in [1.82, 2.24) is 4.90 Å². The van der Waals surface area contributed by atoms with E-state index in [-0.39, 0.29) is 25.1 Å². The largest absolute Gasteiger partial charge is 0.484 e. The zero-order chi connectivity index (χ0) is 24.1. The fourth-order valence-electron chi connectivity index (χ4n) is 3.85. The summed E-state index contributed by atoms with van der Waals surface area (Å²) in [5.41, 5.74) is 2.50. The highest BCUT2D eigenvalue weighted by Crippen LogP contribution is 2.30. The van der Waals surface area contributed by atoms with E-state index in [1.807, 2.05) is 31.2 Å². The molecule has 0 unspecified atom stereocenters. The highest BCUT2D eigenvalue weighted by molar-refractivity contribution is 6.01. The fraction of sp³-hybridized carbons (Fsp3) is 0.231. The summed E-state index contributed by atoms with van der Waals surface area (Å²) in [5.74, 6) is -1.63. The quantitative estimate of drug-likeness (QED) is 0.527. The van der Waals surface area contributed by atoms with Gasteiger partial charge in [0.25, 0.3) is 5.91 Å². The van der Waals surface area contributed by atoms with Gasteiger partial charge >= 0.3 is 6.03 Å². The summed E-state index contributed by atoms with van der Waals surface area (Å²) in [7, 11) is 0. The lowest BCUT2D eigenvalue weighted by Crippen LogP contribution is -2.49. The monoisotopic (exact) mass is 465 g/mol. The van der Waals surface area contributed by atoms with Gasteiger partial charge in [0, 0.05) is 19.6 Å². The van der Waals surface area contributed by atoms with E-state index >= 15 is 0 Å². The Labute approximate surface area is 196 Å². The molecule has 176 valence electrons. The molecule has 0 radical (unpaired) electrons. The molecule has 0 spiro atoms. The number of nitrogens with one attached hydrogen (secondary N) is 1. The predicted molar refractivity (Wildman–Crippen MR) is 126 cm³/mol. The fourth-order valence-corrected chi connectivity index (χ4v) is 3.85. The van der Waals surface area contributed by atoms with Gasteiger partial charge in [0.2, 0.25) is 0 Å². The zero-order valence-corrected chi connectivity index (χ0v) is 18.8. The maximum atomic E-state index is 13.6. The molecule has 8 heteroatoms. The molecule has 1 heterocycles. The number of rotatable bonds is 7. The molecular formula is C26H25F2N3O3. The normalized spacial score (nSPS) is 13.7. The third kappa shape index (κ3) is 5.51. The molecule has 4 rings (SSSR count). The minimum absolute atomic E-state index is 0.158. The van der Waals surface area contributed by atoms with Gasteiger partial charge in [-0.05, 0) is 60.9 Å². The van der Waals surface area contributed by atoms with E-state index < -0.39 is 11.6 Å². The zero-order valence-electron chi connectivity index (χ0n) is 18.8. The average Bonchev–Trinajstić information content (AvgIpc) is 2.83. The third-order valence-electron chi connectivity index (χ3n) is 5.50. The second-order valence-electron chi connectivity index (χ2n) is 8.13. The number of nitrogens with zero attached hydrogens (tertiary/aromatic N) is 2. The average molecular weight is 466 g/mol. The molecule has 0 atom stereocenters. The van der Waals surface area contributed by atoms with Gasteiger partial charge in [-0.2, -0.15) is 0 Å².